The first kappa shape index (κ1) is 18.3. The Morgan fingerprint density at radius 2 is 1.15 bits per heavy atom. The van der Waals surface area contributed by atoms with Crippen molar-refractivity contribution in [1.82, 2.24) is 0 Å². The van der Waals surface area contributed by atoms with E-state index in [0.717, 1.165) is 14.7 Å². The van der Waals surface area contributed by atoms with Crippen molar-refractivity contribution in [3.05, 3.63) is 88.5 Å². The normalized spacial score (nSPS) is 11.0. The number of hydrogen-bond acceptors (Lipinski definition) is 1. The van der Waals surface area contributed by atoms with Crippen LogP contribution in [0.2, 0.25) is 0 Å². The molecule has 0 aliphatic heterocycles. The Labute approximate surface area is 157 Å². The van der Waals surface area contributed by atoms with E-state index in [-0.39, 0.29) is 0 Å². The van der Waals surface area contributed by atoms with Gasteiger partial charge in [-0.3, -0.25) is 0 Å². The molecule has 0 heterocycles. The fraction of sp³-hybridized carbons (Fsp3) is 0.174. The second-order valence-corrected chi connectivity index (χ2v) is 8.75. The van der Waals surface area contributed by atoms with Crippen LogP contribution in [0.15, 0.2) is 75.4 Å². The van der Waals surface area contributed by atoms with E-state index in [1.165, 1.54) is 22.3 Å². The predicted molar refractivity (Wildman–Crippen MR) is 107 cm³/mol. The van der Waals surface area contributed by atoms with E-state index in [2.05, 4.69) is 64.1 Å². The molecule has 3 heteroatoms. The van der Waals surface area contributed by atoms with Gasteiger partial charge in [0.25, 0.3) is 0 Å². The highest BCUT2D eigenvalue weighted by Crippen LogP contribution is 2.35. The number of carboxylic acid groups (broad SMARTS) is 1. The molecule has 0 radical (unpaired) electrons. The summed E-state index contributed by atoms with van der Waals surface area (Å²) in [5.74, 6) is -0.883. The van der Waals surface area contributed by atoms with E-state index in [1.807, 2.05) is 12.1 Å². The minimum Gasteiger partial charge on any atom is -0.478 e. The summed E-state index contributed by atoms with van der Waals surface area (Å²) >= 11 is 0. The van der Waals surface area contributed by atoms with Crippen molar-refractivity contribution >= 4 is 16.9 Å². The summed E-state index contributed by atoms with van der Waals surface area (Å²) in [6.07, 6.45) is 0. The van der Waals surface area contributed by atoms with Crippen LogP contribution in [0, 0.1) is 27.7 Å². The highest BCUT2D eigenvalue weighted by atomic mass is 32.2. The molecular weight excluding hydrogens is 340 g/mol. The standard InChI is InChI=1S/C23H22O2S/c1-15-9-16(2)12-19(11-15)26(20-13-17(3)10-18(4)14-20)22-8-6-5-7-21(22)23(24)25/h5-14H,1-4H3/p+1. The number of benzene rings is 3. The Balaban J connectivity index is 2.31. The Morgan fingerprint density at radius 1 is 0.731 bits per heavy atom. The second-order valence-electron chi connectivity index (χ2n) is 6.75. The lowest BCUT2D eigenvalue weighted by Gasteiger charge is -2.12. The minimum atomic E-state index is -0.883. The van der Waals surface area contributed by atoms with E-state index < -0.39 is 16.9 Å². The number of aryl methyl sites for hydroxylation is 4. The highest BCUT2D eigenvalue weighted by molar-refractivity contribution is 7.97. The Bertz CT molecular complexity index is 884. The first-order valence-corrected chi connectivity index (χ1v) is 9.81. The molecular formula is C23H23O2S+. The van der Waals surface area contributed by atoms with Crippen molar-refractivity contribution in [3.8, 4) is 0 Å². The molecule has 0 saturated carbocycles. The fourth-order valence-corrected chi connectivity index (χ4v) is 5.90. The maximum Gasteiger partial charge on any atom is 0.340 e. The van der Waals surface area contributed by atoms with Gasteiger partial charge in [0, 0.05) is 0 Å². The summed E-state index contributed by atoms with van der Waals surface area (Å²) in [5, 5.41) is 9.73. The number of carboxylic acids is 1. The third kappa shape index (κ3) is 3.83. The lowest BCUT2D eigenvalue weighted by atomic mass is 10.2. The summed E-state index contributed by atoms with van der Waals surface area (Å²) in [4.78, 5) is 15.0. The van der Waals surface area contributed by atoms with Gasteiger partial charge in [0.15, 0.2) is 14.7 Å². The van der Waals surface area contributed by atoms with E-state index >= 15 is 0 Å². The lowest BCUT2D eigenvalue weighted by Crippen LogP contribution is -2.11. The molecule has 0 spiro atoms. The second kappa shape index (κ2) is 7.38. The summed E-state index contributed by atoms with van der Waals surface area (Å²) in [6.45, 7) is 8.34. The van der Waals surface area contributed by atoms with Crippen molar-refractivity contribution < 1.29 is 9.90 Å². The quantitative estimate of drug-likeness (QED) is 0.603. The van der Waals surface area contributed by atoms with Crippen LogP contribution in [0.5, 0.6) is 0 Å². The van der Waals surface area contributed by atoms with Gasteiger partial charge in [-0.2, -0.15) is 0 Å². The lowest BCUT2D eigenvalue weighted by molar-refractivity contribution is 0.0693. The van der Waals surface area contributed by atoms with Gasteiger partial charge in [-0.15, -0.1) is 0 Å². The van der Waals surface area contributed by atoms with Crippen LogP contribution in [0.4, 0.5) is 0 Å². The number of aromatic carboxylic acids is 1. The van der Waals surface area contributed by atoms with Crippen LogP contribution in [0.1, 0.15) is 32.6 Å². The maximum absolute atomic E-state index is 11.9. The van der Waals surface area contributed by atoms with Crippen molar-refractivity contribution in [3.63, 3.8) is 0 Å². The van der Waals surface area contributed by atoms with Crippen LogP contribution in [-0.2, 0) is 10.9 Å². The molecule has 0 bridgehead atoms. The molecule has 3 rings (SSSR count). The van der Waals surface area contributed by atoms with Gasteiger partial charge in [-0.1, -0.05) is 24.3 Å². The fourth-order valence-electron chi connectivity index (χ4n) is 3.31. The van der Waals surface area contributed by atoms with Gasteiger partial charge >= 0.3 is 5.97 Å². The third-order valence-corrected chi connectivity index (χ3v) is 6.41. The highest BCUT2D eigenvalue weighted by Gasteiger charge is 2.33. The van der Waals surface area contributed by atoms with E-state index in [1.54, 1.807) is 12.1 Å². The zero-order valence-electron chi connectivity index (χ0n) is 15.5. The molecule has 0 fully saturated rings. The van der Waals surface area contributed by atoms with Gasteiger partial charge in [0.1, 0.15) is 16.5 Å². The topological polar surface area (TPSA) is 37.3 Å². The molecule has 0 aliphatic carbocycles. The van der Waals surface area contributed by atoms with Gasteiger partial charge in [0.2, 0.25) is 0 Å². The van der Waals surface area contributed by atoms with E-state index in [4.69, 9.17) is 0 Å². The van der Waals surface area contributed by atoms with Gasteiger partial charge < -0.3 is 5.11 Å². The largest absolute Gasteiger partial charge is 0.478 e. The third-order valence-electron chi connectivity index (χ3n) is 4.20. The zero-order chi connectivity index (χ0) is 18.8. The number of carbonyl (C=O) groups is 1. The smallest absolute Gasteiger partial charge is 0.340 e. The Morgan fingerprint density at radius 3 is 1.58 bits per heavy atom. The number of hydrogen-bond donors (Lipinski definition) is 1. The summed E-state index contributed by atoms with van der Waals surface area (Å²) < 4.78 is 0. The predicted octanol–water partition coefficient (Wildman–Crippen LogP) is 5.71. The summed E-state index contributed by atoms with van der Waals surface area (Å²) in [5.41, 5.74) is 5.13. The molecule has 3 aromatic rings. The summed E-state index contributed by atoms with van der Waals surface area (Å²) in [7, 11) is -0.469. The van der Waals surface area contributed by atoms with E-state index in [0.29, 0.717) is 5.56 Å². The van der Waals surface area contributed by atoms with Gasteiger partial charge in [-0.05, 0) is 86.3 Å². The Kier molecular flexibility index (Phi) is 5.19. The first-order valence-electron chi connectivity index (χ1n) is 8.58. The van der Waals surface area contributed by atoms with Crippen molar-refractivity contribution in [2.45, 2.75) is 42.4 Å². The molecule has 0 aromatic heterocycles. The molecule has 0 saturated heterocycles. The van der Waals surface area contributed by atoms with Crippen LogP contribution in [0.3, 0.4) is 0 Å². The maximum atomic E-state index is 11.9. The van der Waals surface area contributed by atoms with Crippen LogP contribution >= 0.6 is 0 Å². The SMILES string of the molecule is Cc1cc(C)cc([S+](c2cc(C)cc(C)c2)c2ccccc2C(=O)O)c1. The zero-order valence-corrected chi connectivity index (χ0v) is 16.4. The van der Waals surface area contributed by atoms with Crippen LogP contribution in [-0.4, -0.2) is 11.1 Å². The molecule has 1 N–H and O–H groups in total. The summed E-state index contributed by atoms with van der Waals surface area (Å²) in [6, 6.07) is 20.3. The molecule has 0 amide bonds. The average Bonchev–Trinajstić information content (AvgIpc) is 2.53. The van der Waals surface area contributed by atoms with Gasteiger partial charge in [0.05, 0.1) is 0 Å². The molecule has 0 aliphatic rings. The molecule has 3 aromatic carbocycles. The van der Waals surface area contributed by atoms with Crippen LogP contribution in [0.25, 0.3) is 0 Å². The monoisotopic (exact) mass is 363 g/mol. The molecule has 26 heavy (non-hydrogen) atoms. The molecule has 0 unspecified atom stereocenters. The van der Waals surface area contributed by atoms with E-state index in [9.17, 15) is 9.90 Å². The van der Waals surface area contributed by atoms with Gasteiger partial charge in [-0.25, -0.2) is 4.79 Å². The van der Waals surface area contributed by atoms with Crippen LogP contribution < -0.4 is 0 Å². The number of rotatable bonds is 4. The first-order chi connectivity index (χ1) is 12.3. The molecule has 0 atom stereocenters. The van der Waals surface area contributed by atoms with Crippen molar-refractivity contribution in [2.75, 3.05) is 0 Å². The Hall–Kier alpha value is -2.52. The average molecular weight is 364 g/mol. The van der Waals surface area contributed by atoms with Crippen molar-refractivity contribution in [1.29, 1.82) is 0 Å². The molecule has 132 valence electrons. The minimum absolute atomic E-state index is 0.370. The molecule has 2 nitrogen and oxygen atoms in total. The van der Waals surface area contributed by atoms with Crippen molar-refractivity contribution in [2.24, 2.45) is 0 Å².